The zero-order chi connectivity index (χ0) is 20.8. The number of likely N-dealkylation sites (N-methyl/N-ethyl adjacent to an activating group) is 1. The molecular weight excluding hydrogens is 412 g/mol. The van der Waals surface area contributed by atoms with Gasteiger partial charge in [-0.25, -0.2) is 0 Å². The van der Waals surface area contributed by atoms with E-state index in [1.807, 2.05) is 16.4 Å². The fourth-order valence-electron chi connectivity index (χ4n) is 3.01. The zero-order valence-corrected chi connectivity index (χ0v) is 18.2. The van der Waals surface area contributed by atoms with Gasteiger partial charge in [0.05, 0.1) is 12.3 Å². The van der Waals surface area contributed by atoms with Crippen LogP contribution in [0.1, 0.15) is 23.1 Å². The van der Waals surface area contributed by atoms with Crippen LogP contribution in [0.5, 0.6) is 0 Å². The Hall–Kier alpha value is -2.10. The van der Waals surface area contributed by atoms with E-state index in [4.69, 9.17) is 11.6 Å². The van der Waals surface area contributed by atoms with E-state index in [2.05, 4.69) is 27.5 Å². The largest absolute Gasteiger partial charge is 0.345 e. The van der Waals surface area contributed by atoms with E-state index in [0.717, 1.165) is 26.2 Å². The highest BCUT2D eigenvalue weighted by atomic mass is 35.5. The van der Waals surface area contributed by atoms with Crippen LogP contribution in [0, 0.1) is 0 Å². The van der Waals surface area contributed by atoms with Crippen LogP contribution in [0.3, 0.4) is 0 Å². The van der Waals surface area contributed by atoms with Gasteiger partial charge in [0.2, 0.25) is 5.91 Å². The Bertz CT molecular complexity index is 849. The summed E-state index contributed by atoms with van der Waals surface area (Å²) >= 11 is 7.24. The van der Waals surface area contributed by atoms with Gasteiger partial charge in [0, 0.05) is 43.3 Å². The molecule has 0 bridgehead atoms. The number of amides is 2. The van der Waals surface area contributed by atoms with E-state index in [0.29, 0.717) is 33.9 Å². The van der Waals surface area contributed by atoms with Crippen LogP contribution in [0.25, 0.3) is 0 Å². The van der Waals surface area contributed by atoms with Crippen molar-refractivity contribution in [2.75, 3.05) is 39.0 Å². The topological polar surface area (TPSA) is 83.4 Å². The second kappa shape index (κ2) is 10.1. The third-order valence-electron chi connectivity index (χ3n) is 4.80. The highest BCUT2D eigenvalue weighted by molar-refractivity contribution is 7.99. The molecule has 29 heavy (non-hydrogen) atoms. The molecule has 1 aromatic heterocycles. The van der Waals surface area contributed by atoms with Crippen molar-refractivity contribution in [3.8, 4) is 0 Å². The number of benzene rings is 1. The molecular formula is C19H25ClN6O2S. The normalized spacial score (nSPS) is 14.8. The van der Waals surface area contributed by atoms with Crippen molar-refractivity contribution < 1.29 is 9.59 Å². The molecule has 1 aromatic carbocycles. The molecule has 0 saturated carbocycles. The first-order valence-electron chi connectivity index (χ1n) is 9.53. The molecule has 0 radical (unpaired) electrons. The van der Waals surface area contributed by atoms with Gasteiger partial charge in [-0.1, -0.05) is 23.4 Å². The van der Waals surface area contributed by atoms with Crippen LogP contribution in [0.4, 0.5) is 0 Å². The second-order valence-electron chi connectivity index (χ2n) is 6.81. The van der Waals surface area contributed by atoms with Crippen LogP contribution >= 0.6 is 23.4 Å². The van der Waals surface area contributed by atoms with Crippen LogP contribution in [-0.2, 0) is 17.9 Å². The summed E-state index contributed by atoms with van der Waals surface area (Å²) in [5, 5.41) is 12.5. The zero-order valence-electron chi connectivity index (χ0n) is 16.6. The van der Waals surface area contributed by atoms with Gasteiger partial charge in [0.15, 0.2) is 11.0 Å². The summed E-state index contributed by atoms with van der Waals surface area (Å²) in [5.41, 5.74) is 0.532. The Labute approximate surface area is 179 Å². The van der Waals surface area contributed by atoms with Crippen molar-refractivity contribution in [2.24, 2.45) is 0 Å². The molecule has 156 valence electrons. The molecule has 1 N–H and O–H groups in total. The van der Waals surface area contributed by atoms with Gasteiger partial charge < -0.3 is 19.7 Å². The maximum absolute atomic E-state index is 12.4. The maximum Gasteiger partial charge on any atom is 0.251 e. The lowest BCUT2D eigenvalue weighted by Gasteiger charge is -2.32. The number of carbonyl (C=O) groups excluding carboxylic acids is 2. The minimum absolute atomic E-state index is 0.117. The Morgan fingerprint density at radius 1 is 1.14 bits per heavy atom. The first-order valence-corrected chi connectivity index (χ1v) is 10.9. The van der Waals surface area contributed by atoms with Gasteiger partial charge in [-0.15, -0.1) is 10.2 Å². The maximum atomic E-state index is 12.4. The monoisotopic (exact) mass is 436 g/mol. The number of rotatable bonds is 7. The van der Waals surface area contributed by atoms with Gasteiger partial charge in [0.1, 0.15) is 0 Å². The van der Waals surface area contributed by atoms with Gasteiger partial charge in [-0.2, -0.15) is 0 Å². The Morgan fingerprint density at radius 3 is 2.48 bits per heavy atom. The van der Waals surface area contributed by atoms with Gasteiger partial charge in [-0.3, -0.25) is 9.59 Å². The molecule has 1 aliphatic rings. The first-order chi connectivity index (χ1) is 14.0. The van der Waals surface area contributed by atoms with Crippen molar-refractivity contribution >= 4 is 35.2 Å². The molecule has 0 aliphatic carbocycles. The number of nitrogens with one attached hydrogen (secondary N) is 1. The molecule has 1 aliphatic heterocycles. The predicted molar refractivity (Wildman–Crippen MR) is 113 cm³/mol. The lowest BCUT2D eigenvalue weighted by Crippen LogP contribution is -2.47. The van der Waals surface area contributed by atoms with Crippen molar-refractivity contribution in [1.82, 2.24) is 29.9 Å². The second-order valence-corrected chi connectivity index (χ2v) is 8.18. The van der Waals surface area contributed by atoms with Crippen molar-refractivity contribution in [3.63, 3.8) is 0 Å². The molecule has 0 atom stereocenters. The molecule has 2 amide bonds. The number of nitrogens with zero attached hydrogens (tertiary/aromatic N) is 5. The SMILES string of the molecule is CCn1c(CNC(=O)c2ccc(Cl)cc2)nnc1SCC(=O)N1CCN(C)CC1. The summed E-state index contributed by atoms with van der Waals surface area (Å²) in [6.45, 7) is 6.23. The van der Waals surface area contributed by atoms with E-state index in [1.165, 1.54) is 11.8 Å². The number of aromatic nitrogens is 3. The Balaban J connectivity index is 1.54. The van der Waals surface area contributed by atoms with Gasteiger partial charge in [0.25, 0.3) is 5.91 Å². The summed E-state index contributed by atoms with van der Waals surface area (Å²) in [5.74, 6) is 0.904. The molecule has 1 saturated heterocycles. The van der Waals surface area contributed by atoms with Gasteiger partial charge >= 0.3 is 0 Å². The summed E-state index contributed by atoms with van der Waals surface area (Å²) in [7, 11) is 2.06. The molecule has 2 heterocycles. The Kier molecular flexibility index (Phi) is 7.51. The molecule has 8 nitrogen and oxygen atoms in total. The predicted octanol–water partition coefficient (Wildman–Crippen LogP) is 1.75. The number of thioether (sulfide) groups is 1. The lowest BCUT2D eigenvalue weighted by atomic mass is 10.2. The highest BCUT2D eigenvalue weighted by Crippen LogP contribution is 2.18. The van der Waals surface area contributed by atoms with Crippen molar-refractivity contribution in [3.05, 3.63) is 40.7 Å². The third kappa shape index (κ3) is 5.71. The average molecular weight is 437 g/mol. The summed E-state index contributed by atoms with van der Waals surface area (Å²) in [6, 6.07) is 6.70. The fourth-order valence-corrected chi connectivity index (χ4v) is 4.06. The standard InChI is InChI=1S/C19H25ClN6O2S/c1-3-26-16(12-21-18(28)14-4-6-15(20)7-5-14)22-23-19(26)29-13-17(27)25-10-8-24(2)9-11-25/h4-7H,3,8-13H2,1-2H3,(H,21,28). The summed E-state index contributed by atoms with van der Waals surface area (Å²) in [4.78, 5) is 28.8. The third-order valence-corrected chi connectivity index (χ3v) is 6.01. The van der Waals surface area contributed by atoms with E-state index in [9.17, 15) is 9.59 Å². The van der Waals surface area contributed by atoms with Crippen LogP contribution in [-0.4, -0.2) is 75.4 Å². The number of halogens is 1. The lowest BCUT2D eigenvalue weighted by molar-refractivity contribution is -0.129. The molecule has 0 unspecified atom stereocenters. The molecule has 0 spiro atoms. The fraction of sp³-hybridized carbons (Fsp3) is 0.474. The molecule has 3 rings (SSSR count). The first kappa shape index (κ1) is 21.6. The number of hydrogen-bond acceptors (Lipinski definition) is 6. The van der Waals surface area contributed by atoms with E-state index < -0.39 is 0 Å². The molecule has 2 aromatic rings. The minimum Gasteiger partial charge on any atom is -0.345 e. The molecule has 10 heteroatoms. The van der Waals surface area contributed by atoms with Crippen LogP contribution in [0.15, 0.2) is 29.4 Å². The van der Waals surface area contributed by atoms with E-state index >= 15 is 0 Å². The minimum atomic E-state index is -0.202. The van der Waals surface area contributed by atoms with E-state index in [1.54, 1.807) is 24.3 Å². The van der Waals surface area contributed by atoms with Crippen LogP contribution in [0.2, 0.25) is 5.02 Å². The number of carbonyl (C=O) groups is 2. The van der Waals surface area contributed by atoms with Crippen molar-refractivity contribution in [2.45, 2.75) is 25.2 Å². The smallest absolute Gasteiger partial charge is 0.251 e. The number of hydrogen-bond donors (Lipinski definition) is 1. The van der Waals surface area contributed by atoms with Crippen molar-refractivity contribution in [1.29, 1.82) is 0 Å². The van der Waals surface area contributed by atoms with Gasteiger partial charge in [-0.05, 0) is 38.2 Å². The summed E-state index contributed by atoms with van der Waals surface area (Å²) in [6.07, 6.45) is 0. The highest BCUT2D eigenvalue weighted by Gasteiger charge is 2.20. The average Bonchev–Trinajstić information content (AvgIpc) is 3.13. The Morgan fingerprint density at radius 2 is 1.83 bits per heavy atom. The number of piperazine rings is 1. The summed E-state index contributed by atoms with van der Waals surface area (Å²) < 4.78 is 1.92. The van der Waals surface area contributed by atoms with E-state index in [-0.39, 0.29) is 18.4 Å². The quantitative estimate of drug-likeness (QED) is 0.666. The molecule has 1 fully saturated rings. The van der Waals surface area contributed by atoms with Crippen LogP contribution < -0.4 is 5.32 Å².